The van der Waals surface area contributed by atoms with E-state index in [1.807, 2.05) is 27.7 Å². The predicted octanol–water partition coefficient (Wildman–Crippen LogP) is -1.04. The molecule has 0 aromatic rings. The van der Waals surface area contributed by atoms with Gasteiger partial charge in [0.2, 0.25) is 17.7 Å². The highest BCUT2D eigenvalue weighted by atomic mass is 16.4. The lowest BCUT2D eigenvalue weighted by molar-refractivity contribution is -0.142. The van der Waals surface area contributed by atoms with E-state index in [-0.39, 0.29) is 11.8 Å². The molecule has 0 aliphatic carbocycles. The van der Waals surface area contributed by atoms with Gasteiger partial charge in [-0.05, 0) is 31.6 Å². The third-order valence-corrected chi connectivity index (χ3v) is 3.94. The Labute approximate surface area is 165 Å². The van der Waals surface area contributed by atoms with Gasteiger partial charge >= 0.3 is 5.97 Å². The fraction of sp³-hybridized carbons (Fsp3) is 0.778. The average molecular weight is 402 g/mol. The number of aliphatic carboxylic acids is 1. The van der Waals surface area contributed by atoms with Gasteiger partial charge in [0, 0.05) is 0 Å². The molecule has 7 N–H and O–H groups in total. The summed E-state index contributed by atoms with van der Waals surface area (Å²) in [6, 6.07) is -4.15. The van der Waals surface area contributed by atoms with Gasteiger partial charge in [-0.2, -0.15) is 0 Å². The number of rotatable bonds is 12. The first kappa shape index (κ1) is 25.8. The lowest BCUT2D eigenvalue weighted by atomic mass is 9.99. The molecule has 0 bridgehead atoms. The topological polar surface area (TPSA) is 171 Å². The Bertz CT molecular complexity index is 552. The second-order valence-corrected chi connectivity index (χ2v) is 7.74. The summed E-state index contributed by atoms with van der Waals surface area (Å²) in [6.45, 7) is 8.22. The molecular weight excluding hydrogens is 368 g/mol. The van der Waals surface area contributed by atoms with Gasteiger partial charge < -0.3 is 31.9 Å². The van der Waals surface area contributed by atoms with Crippen LogP contribution in [0, 0.1) is 11.8 Å². The van der Waals surface area contributed by atoms with Crippen LogP contribution in [0.5, 0.6) is 0 Å². The Morgan fingerprint density at radius 3 is 1.54 bits per heavy atom. The zero-order valence-corrected chi connectivity index (χ0v) is 17.2. The van der Waals surface area contributed by atoms with Crippen LogP contribution in [0.1, 0.15) is 47.5 Å². The Balaban J connectivity index is 5.30. The third kappa shape index (κ3) is 9.65. The third-order valence-electron chi connectivity index (χ3n) is 3.94. The Kier molecular flexibility index (Phi) is 11.3. The number of hydrogen-bond donors (Lipinski definition) is 6. The van der Waals surface area contributed by atoms with Gasteiger partial charge in [-0.15, -0.1) is 0 Å². The first-order valence-electron chi connectivity index (χ1n) is 9.39. The molecule has 4 unspecified atom stereocenters. The largest absolute Gasteiger partial charge is 0.480 e. The highest BCUT2D eigenvalue weighted by Crippen LogP contribution is 2.09. The summed E-state index contributed by atoms with van der Waals surface area (Å²) >= 11 is 0. The van der Waals surface area contributed by atoms with Crippen LogP contribution in [0.25, 0.3) is 0 Å². The molecule has 4 atom stereocenters. The van der Waals surface area contributed by atoms with Crippen molar-refractivity contribution < 1.29 is 29.4 Å². The number of aliphatic hydroxyl groups excluding tert-OH is 1. The number of aliphatic hydroxyl groups is 1. The van der Waals surface area contributed by atoms with Crippen molar-refractivity contribution in [1.29, 1.82) is 0 Å². The zero-order chi connectivity index (χ0) is 22.0. The first-order chi connectivity index (χ1) is 12.9. The minimum absolute atomic E-state index is 0.0529. The van der Waals surface area contributed by atoms with E-state index in [1.54, 1.807) is 0 Å². The molecule has 0 spiro atoms. The van der Waals surface area contributed by atoms with Gasteiger partial charge in [0.25, 0.3) is 0 Å². The molecule has 0 saturated carbocycles. The summed E-state index contributed by atoms with van der Waals surface area (Å²) in [7, 11) is 0. The number of nitrogens with one attached hydrogen (secondary N) is 3. The van der Waals surface area contributed by atoms with Crippen molar-refractivity contribution in [2.45, 2.75) is 71.6 Å². The second-order valence-electron chi connectivity index (χ2n) is 7.74. The van der Waals surface area contributed by atoms with E-state index in [2.05, 4.69) is 16.0 Å². The second kappa shape index (κ2) is 12.3. The lowest BCUT2D eigenvalue weighted by Gasteiger charge is -2.26. The molecule has 10 heteroatoms. The highest BCUT2D eigenvalue weighted by Gasteiger charge is 2.30. The van der Waals surface area contributed by atoms with E-state index in [0.29, 0.717) is 12.8 Å². The van der Waals surface area contributed by atoms with Gasteiger partial charge in [-0.3, -0.25) is 19.2 Å². The maximum atomic E-state index is 12.7. The van der Waals surface area contributed by atoms with Crippen LogP contribution in [0.3, 0.4) is 0 Å². The van der Waals surface area contributed by atoms with E-state index in [4.69, 9.17) is 15.9 Å². The maximum absolute atomic E-state index is 12.7. The Morgan fingerprint density at radius 1 is 0.786 bits per heavy atom. The zero-order valence-electron chi connectivity index (χ0n) is 17.2. The molecule has 28 heavy (non-hydrogen) atoms. The number of amides is 3. The van der Waals surface area contributed by atoms with Crippen molar-refractivity contribution in [2.75, 3.05) is 6.61 Å². The summed E-state index contributed by atoms with van der Waals surface area (Å²) in [5, 5.41) is 25.4. The van der Waals surface area contributed by atoms with Crippen molar-refractivity contribution >= 4 is 23.7 Å². The van der Waals surface area contributed by atoms with Gasteiger partial charge in [-0.1, -0.05) is 27.7 Å². The van der Waals surface area contributed by atoms with Gasteiger partial charge in [0.15, 0.2) is 0 Å². The SMILES string of the molecule is CC(C)CC(NC(=O)C(N)CO)C(=O)NC(CC(C)C)C(=O)NC(C)C(=O)O. The highest BCUT2D eigenvalue weighted by molar-refractivity contribution is 5.94. The first-order valence-corrected chi connectivity index (χ1v) is 9.39. The van der Waals surface area contributed by atoms with Crippen LogP contribution in [0.15, 0.2) is 0 Å². The predicted molar refractivity (Wildman–Crippen MR) is 103 cm³/mol. The normalized spacial score (nSPS) is 15.5. The van der Waals surface area contributed by atoms with E-state index in [0.717, 1.165) is 0 Å². The van der Waals surface area contributed by atoms with Crippen molar-refractivity contribution in [3.05, 3.63) is 0 Å². The fourth-order valence-electron chi connectivity index (χ4n) is 2.42. The van der Waals surface area contributed by atoms with Crippen molar-refractivity contribution in [3.8, 4) is 0 Å². The molecule has 0 saturated heterocycles. The summed E-state index contributed by atoms with van der Waals surface area (Å²) < 4.78 is 0. The number of hydrogen-bond acceptors (Lipinski definition) is 6. The molecule has 3 amide bonds. The number of nitrogens with two attached hydrogens (primary N) is 1. The van der Waals surface area contributed by atoms with Crippen molar-refractivity contribution in [1.82, 2.24) is 16.0 Å². The molecule has 10 nitrogen and oxygen atoms in total. The van der Waals surface area contributed by atoms with Crippen LogP contribution < -0.4 is 21.7 Å². The van der Waals surface area contributed by atoms with Crippen LogP contribution in [0.2, 0.25) is 0 Å². The number of carbonyl (C=O) groups excluding carboxylic acids is 3. The summed E-state index contributed by atoms with van der Waals surface area (Å²) in [6.07, 6.45) is 0.597. The molecule has 0 aliphatic rings. The number of carboxylic acids is 1. The molecule has 0 fully saturated rings. The quantitative estimate of drug-likeness (QED) is 0.242. The van der Waals surface area contributed by atoms with E-state index >= 15 is 0 Å². The van der Waals surface area contributed by atoms with E-state index < -0.39 is 54.5 Å². The van der Waals surface area contributed by atoms with Crippen LogP contribution in [-0.4, -0.2) is 64.7 Å². The van der Waals surface area contributed by atoms with E-state index in [9.17, 15) is 19.2 Å². The Hall–Kier alpha value is -2.20. The standard InChI is InChI=1S/C18H34N4O6/c1-9(2)6-13(16(25)20-11(5)18(27)28)22-17(26)14(7-10(3)4)21-15(24)12(19)8-23/h9-14,23H,6-8,19H2,1-5H3,(H,20,25)(H,21,24)(H,22,26)(H,27,28). The van der Waals surface area contributed by atoms with Crippen molar-refractivity contribution in [3.63, 3.8) is 0 Å². The minimum atomic E-state index is -1.19. The Morgan fingerprint density at radius 2 is 1.18 bits per heavy atom. The van der Waals surface area contributed by atoms with Gasteiger partial charge in [-0.25, -0.2) is 0 Å². The summed E-state index contributed by atoms with van der Waals surface area (Å²) in [5.74, 6) is -2.93. The molecule has 0 heterocycles. The number of carbonyl (C=O) groups is 4. The van der Waals surface area contributed by atoms with Crippen LogP contribution in [-0.2, 0) is 19.2 Å². The minimum Gasteiger partial charge on any atom is -0.480 e. The summed E-state index contributed by atoms with van der Waals surface area (Å²) in [4.78, 5) is 48.1. The monoisotopic (exact) mass is 402 g/mol. The molecule has 0 aliphatic heterocycles. The molecule has 162 valence electrons. The number of carboxylic acid groups (broad SMARTS) is 1. The summed E-state index contributed by atoms with van der Waals surface area (Å²) in [5.41, 5.74) is 5.48. The van der Waals surface area contributed by atoms with Crippen LogP contribution in [0.4, 0.5) is 0 Å². The lowest BCUT2D eigenvalue weighted by Crippen LogP contribution is -2.57. The average Bonchev–Trinajstić information content (AvgIpc) is 2.58. The fourth-order valence-corrected chi connectivity index (χ4v) is 2.42. The molecule has 0 rings (SSSR count). The van der Waals surface area contributed by atoms with Crippen LogP contribution >= 0.6 is 0 Å². The molecule has 0 aromatic carbocycles. The van der Waals surface area contributed by atoms with E-state index in [1.165, 1.54) is 6.92 Å². The smallest absolute Gasteiger partial charge is 0.325 e. The molecular formula is C18H34N4O6. The molecule has 0 radical (unpaired) electrons. The van der Waals surface area contributed by atoms with Gasteiger partial charge in [0.05, 0.1) is 6.61 Å². The van der Waals surface area contributed by atoms with Crippen molar-refractivity contribution in [2.24, 2.45) is 17.6 Å². The molecule has 0 aromatic heterocycles. The van der Waals surface area contributed by atoms with Gasteiger partial charge in [0.1, 0.15) is 24.2 Å². The maximum Gasteiger partial charge on any atom is 0.325 e.